The highest BCUT2D eigenvalue weighted by Crippen LogP contribution is 2.21. The minimum atomic E-state index is -0.378. The van der Waals surface area contributed by atoms with Crippen LogP contribution in [0, 0.1) is 12.8 Å². The molecule has 0 spiro atoms. The Hall–Kier alpha value is -1.33. The van der Waals surface area contributed by atoms with Crippen LogP contribution in [0.4, 0.5) is 0 Å². The highest BCUT2D eigenvalue weighted by molar-refractivity contribution is 5.91. The lowest BCUT2D eigenvalue weighted by molar-refractivity contribution is 0.0924. The molecule has 1 amide bonds. The van der Waals surface area contributed by atoms with E-state index in [-0.39, 0.29) is 11.7 Å². The molecule has 1 aliphatic rings. The first-order valence-electron chi connectivity index (χ1n) is 6.42. The summed E-state index contributed by atoms with van der Waals surface area (Å²) in [6.45, 7) is 7.26. The van der Waals surface area contributed by atoms with E-state index in [1.54, 1.807) is 6.07 Å². The summed E-state index contributed by atoms with van der Waals surface area (Å²) in [5, 5.41) is 0. The van der Waals surface area contributed by atoms with Crippen LogP contribution in [0.2, 0.25) is 0 Å². The largest absolute Gasteiger partial charge is 0.456 e. The van der Waals surface area contributed by atoms with Crippen LogP contribution < -0.4 is 11.3 Å². The van der Waals surface area contributed by atoms with E-state index in [1.807, 2.05) is 6.92 Å². The van der Waals surface area contributed by atoms with Gasteiger partial charge >= 0.3 is 5.91 Å². The molecule has 0 bridgehead atoms. The predicted molar refractivity (Wildman–Crippen MR) is 68.8 cm³/mol. The number of furan rings is 1. The van der Waals surface area contributed by atoms with E-state index >= 15 is 0 Å². The Balaban J connectivity index is 2.01. The Labute approximate surface area is 107 Å². The number of likely N-dealkylation sites (tertiary alicyclic amines) is 1. The number of hydrogen-bond donors (Lipinski definition) is 2. The number of hydrazine groups is 1. The molecule has 100 valence electrons. The minimum Gasteiger partial charge on any atom is -0.456 e. The molecule has 0 saturated carbocycles. The van der Waals surface area contributed by atoms with Crippen molar-refractivity contribution < 1.29 is 9.21 Å². The fourth-order valence-electron chi connectivity index (χ4n) is 2.32. The molecule has 5 heteroatoms. The van der Waals surface area contributed by atoms with Crippen LogP contribution in [0.15, 0.2) is 10.5 Å². The number of carbonyl (C=O) groups excluding carboxylic acids is 1. The Morgan fingerprint density at radius 1 is 1.56 bits per heavy atom. The van der Waals surface area contributed by atoms with Gasteiger partial charge in [-0.3, -0.25) is 15.1 Å². The van der Waals surface area contributed by atoms with Crippen molar-refractivity contribution in [1.29, 1.82) is 0 Å². The number of nitrogens with one attached hydrogen (secondary N) is 1. The molecule has 1 aromatic heterocycles. The second-order valence-corrected chi connectivity index (χ2v) is 5.12. The van der Waals surface area contributed by atoms with E-state index < -0.39 is 0 Å². The molecule has 1 aliphatic heterocycles. The Morgan fingerprint density at radius 3 is 2.83 bits per heavy atom. The van der Waals surface area contributed by atoms with Gasteiger partial charge in [-0.1, -0.05) is 6.92 Å². The van der Waals surface area contributed by atoms with Crippen LogP contribution in [-0.2, 0) is 6.54 Å². The molecule has 0 unspecified atom stereocenters. The number of carbonyl (C=O) groups is 1. The van der Waals surface area contributed by atoms with Crippen molar-refractivity contribution in [3.05, 3.63) is 23.2 Å². The lowest BCUT2D eigenvalue weighted by Gasteiger charge is -2.29. The smallest absolute Gasteiger partial charge is 0.300 e. The number of aryl methyl sites for hydroxylation is 1. The first kappa shape index (κ1) is 13.1. The molecule has 1 fully saturated rings. The summed E-state index contributed by atoms with van der Waals surface area (Å²) < 4.78 is 5.41. The Bertz CT molecular complexity index is 420. The molecule has 18 heavy (non-hydrogen) atoms. The third-order valence-electron chi connectivity index (χ3n) is 3.65. The van der Waals surface area contributed by atoms with Gasteiger partial charge in [0, 0.05) is 12.1 Å². The summed E-state index contributed by atoms with van der Waals surface area (Å²) >= 11 is 0. The van der Waals surface area contributed by atoms with Crippen molar-refractivity contribution in [2.24, 2.45) is 11.8 Å². The number of amides is 1. The van der Waals surface area contributed by atoms with Crippen LogP contribution in [-0.4, -0.2) is 23.9 Å². The highest BCUT2D eigenvalue weighted by Gasteiger charge is 2.19. The van der Waals surface area contributed by atoms with Gasteiger partial charge < -0.3 is 4.42 Å². The van der Waals surface area contributed by atoms with Gasteiger partial charge in [-0.15, -0.1) is 0 Å². The third-order valence-corrected chi connectivity index (χ3v) is 3.65. The normalized spacial score (nSPS) is 17.9. The number of piperidine rings is 1. The zero-order valence-corrected chi connectivity index (χ0v) is 11.0. The molecule has 3 N–H and O–H groups in total. The summed E-state index contributed by atoms with van der Waals surface area (Å²) in [4.78, 5) is 13.8. The monoisotopic (exact) mass is 251 g/mol. The molecule has 0 atom stereocenters. The predicted octanol–water partition coefficient (Wildman–Crippen LogP) is 1.42. The average Bonchev–Trinajstić information content (AvgIpc) is 2.73. The summed E-state index contributed by atoms with van der Waals surface area (Å²) in [6, 6.07) is 1.79. The molecular formula is C13H21N3O2. The minimum absolute atomic E-state index is 0.287. The van der Waals surface area contributed by atoms with E-state index in [1.165, 1.54) is 12.8 Å². The van der Waals surface area contributed by atoms with Gasteiger partial charge in [0.1, 0.15) is 5.76 Å². The van der Waals surface area contributed by atoms with Crippen molar-refractivity contribution in [1.82, 2.24) is 10.3 Å². The zero-order valence-electron chi connectivity index (χ0n) is 11.0. The van der Waals surface area contributed by atoms with Gasteiger partial charge in [0.05, 0.1) is 0 Å². The number of nitrogen functional groups attached to an aromatic ring is 1. The second-order valence-electron chi connectivity index (χ2n) is 5.12. The van der Waals surface area contributed by atoms with Gasteiger partial charge in [0.2, 0.25) is 0 Å². The molecule has 0 aliphatic carbocycles. The molecule has 0 radical (unpaired) electrons. The SMILES string of the molecule is Cc1oc(C(=O)NN)cc1CN1CCC(C)CC1. The van der Waals surface area contributed by atoms with E-state index in [4.69, 9.17) is 10.3 Å². The van der Waals surface area contributed by atoms with Crippen LogP contribution in [0.3, 0.4) is 0 Å². The maximum atomic E-state index is 11.4. The second kappa shape index (κ2) is 5.54. The zero-order chi connectivity index (χ0) is 13.1. The van der Waals surface area contributed by atoms with Crippen LogP contribution >= 0.6 is 0 Å². The van der Waals surface area contributed by atoms with Crippen molar-refractivity contribution in [2.45, 2.75) is 33.2 Å². The number of nitrogens with two attached hydrogens (primary N) is 1. The molecule has 1 aromatic rings. The summed E-state index contributed by atoms with van der Waals surface area (Å²) in [5.41, 5.74) is 3.16. The van der Waals surface area contributed by atoms with E-state index in [0.29, 0.717) is 0 Å². The fraction of sp³-hybridized carbons (Fsp3) is 0.615. The van der Waals surface area contributed by atoms with E-state index in [9.17, 15) is 4.79 Å². The van der Waals surface area contributed by atoms with Crippen LogP contribution in [0.25, 0.3) is 0 Å². The topological polar surface area (TPSA) is 71.5 Å². The van der Waals surface area contributed by atoms with E-state index in [2.05, 4.69) is 17.2 Å². The summed E-state index contributed by atoms with van der Waals surface area (Å²) in [5.74, 6) is 6.62. The molecule has 1 saturated heterocycles. The maximum Gasteiger partial charge on any atom is 0.300 e. The lowest BCUT2D eigenvalue weighted by atomic mass is 9.99. The van der Waals surface area contributed by atoms with Crippen LogP contribution in [0.1, 0.15) is 41.6 Å². The van der Waals surface area contributed by atoms with Gasteiger partial charge in [-0.05, 0) is 44.8 Å². The Kier molecular flexibility index (Phi) is 4.04. The third kappa shape index (κ3) is 2.91. The van der Waals surface area contributed by atoms with Gasteiger partial charge in [-0.25, -0.2) is 5.84 Å². The summed E-state index contributed by atoms with van der Waals surface area (Å²) in [7, 11) is 0. The number of rotatable bonds is 3. The van der Waals surface area contributed by atoms with Crippen LogP contribution in [0.5, 0.6) is 0 Å². The molecule has 2 heterocycles. The number of hydrogen-bond acceptors (Lipinski definition) is 4. The van der Waals surface area contributed by atoms with E-state index in [0.717, 1.165) is 36.9 Å². The first-order chi connectivity index (χ1) is 8.60. The quantitative estimate of drug-likeness (QED) is 0.484. The van der Waals surface area contributed by atoms with Crippen molar-refractivity contribution in [2.75, 3.05) is 13.1 Å². The van der Waals surface area contributed by atoms with Crippen molar-refractivity contribution in [3.8, 4) is 0 Å². The highest BCUT2D eigenvalue weighted by atomic mass is 16.4. The van der Waals surface area contributed by atoms with Crippen molar-refractivity contribution in [3.63, 3.8) is 0 Å². The molecule has 5 nitrogen and oxygen atoms in total. The van der Waals surface area contributed by atoms with Gasteiger partial charge in [0.15, 0.2) is 5.76 Å². The first-order valence-corrected chi connectivity index (χ1v) is 6.42. The molecular weight excluding hydrogens is 230 g/mol. The molecule has 2 rings (SSSR count). The standard InChI is InChI=1S/C13H21N3O2/c1-9-3-5-16(6-4-9)8-11-7-12(13(17)15-14)18-10(11)2/h7,9H,3-6,8,14H2,1-2H3,(H,15,17). The lowest BCUT2D eigenvalue weighted by Crippen LogP contribution is -2.32. The maximum absolute atomic E-state index is 11.4. The number of nitrogens with zero attached hydrogens (tertiary/aromatic N) is 1. The molecule has 0 aromatic carbocycles. The van der Waals surface area contributed by atoms with Gasteiger partial charge in [-0.2, -0.15) is 0 Å². The Morgan fingerprint density at radius 2 is 2.22 bits per heavy atom. The van der Waals surface area contributed by atoms with Gasteiger partial charge in [0.25, 0.3) is 0 Å². The van der Waals surface area contributed by atoms with Crippen molar-refractivity contribution >= 4 is 5.91 Å². The average molecular weight is 251 g/mol. The summed E-state index contributed by atoms with van der Waals surface area (Å²) in [6.07, 6.45) is 2.49. The fourth-order valence-corrected chi connectivity index (χ4v) is 2.32.